The summed E-state index contributed by atoms with van der Waals surface area (Å²) in [6.07, 6.45) is 17.4. The zero-order valence-electron chi connectivity index (χ0n) is 19.2. The quantitative estimate of drug-likeness (QED) is 0.478. The first kappa shape index (κ1) is 22.8. The third kappa shape index (κ3) is 5.24. The van der Waals surface area contributed by atoms with E-state index in [0.717, 1.165) is 35.2 Å². The molecule has 3 aliphatic rings. The molecule has 0 radical (unpaired) electrons. The van der Waals surface area contributed by atoms with Crippen molar-refractivity contribution in [1.82, 2.24) is 0 Å². The number of fused-ring (bicyclic) bond motifs is 1. The minimum Gasteiger partial charge on any atom is -0.393 e. The van der Waals surface area contributed by atoms with E-state index in [1.165, 1.54) is 51.4 Å². The maximum absolute atomic E-state index is 13.3. The van der Waals surface area contributed by atoms with E-state index in [4.69, 9.17) is 0 Å². The average molecular weight is 403 g/mol. The molecule has 0 aromatic carbocycles. The van der Waals surface area contributed by atoms with Crippen LogP contribution in [0.5, 0.6) is 0 Å². The number of hydrogen-bond acceptors (Lipinski definition) is 1. The monoisotopic (exact) mass is 402 g/mol. The van der Waals surface area contributed by atoms with Gasteiger partial charge < -0.3 is 5.11 Å². The fourth-order valence-electron chi connectivity index (χ4n) is 6.74. The average Bonchev–Trinajstić information content (AvgIpc) is 3.03. The van der Waals surface area contributed by atoms with E-state index in [2.05, 4.69) is 39.8 Å². The maximum atomic E-state index is 13.3. The second kappa shape index (κ2) is 9.94. The zero-order valence-corrected chi connectivity index (χ0v) is 19.2. The summed E-state index contributed by atoms with van der Waals surface area (Å²) >= 11 is 0. The number of allylic oxidation sites excluding steroid dienone is 4. The second-order valence-corrected chi connectivity index (χ2v) is 10.9. The number of aliphatic hydroxyl groups is 1. The Morgan fingerprint density at radius 2 is 1.86 bits per heavy atom. The Bertz CT molecular complexity index is 643. The van der Waals surface area contributed by atoms with Gasteiger partial charge in [0.1, 0.15) is 0 Å². The Morgan fingerprint density at radius 3 is 2.59 bits per heavy atom. The summed E-state index contributed by atoms with van der Waals surface area (Å²) in [7, 11) is 0. The van der Waals surface area contributed by atoms with Crippen molar-refractivity contribution < 1.29 is 9.50 Å². The fraction of sp³-hybridized carbons (Fsp3) is 0.778. The predicted molar refractivity (Wildman–Crippen MR) is 121 cm³/mol. The minimum atomic E-state index is -0.317. The summed E-state index contributed by atoms with van der Waals surface area (Å²) in [6.45, 7) is 9.73. The molecule has 0 bridgehead atoms. The SMILES string of the molecule is CC(C)CCC[C@@H](C)[C@H]1CC[C@H]2/C(=C/C=C3\C[C@@H](O)CC\C3=C/F)CCC[C@]12C. The lowest BCUT2D eigenvalue weighted by molar-refractivity contribution is 0.0928. The van der Waals surface area contributed by atoms with E-state index >= 15 is 0 Å². The first-order valence-electron chi connectivity index (χ1n) is 12.2. The predicted octanol–water partition coefficient (Wildman–Crippen LogP) is 7.92. The third-order valence-corrected chi connectivity index (χ3v) is 8.41. The van der Waals surface area contributed by atoms with Gasteiger partial charge in [-0.3, -0.25) is 0 Å². The molecule has 0 saturated heterocycles. The van der Waals surface area contributed by atoms with Crippen molar-refractivity contribution in [2.75, 3.05) is 0 Å². The standard InChI is InChI=1S/C27H43FO/c1-19(2)7-5-8-20(3)25-14-15-26-21(9-6-16-27(25,26)4)10-11-22-17-24(29)13-12-23(22)18-28/h10-11,18-20,24-26,29H,5-9,12-17H2,1-4H3/b21-10+,22-11+,23-18+/t20-,24+,25-,26+,27-/m1/s1. The van der Waals surface area contributed by atoms with Gasteiger partial charge in [-0.05, 0) is 91.6 Å². The summed E-state index contributed by atoms with van der Waals surface area (Å²) in [5.74, 6) is 3.16. The van der Waals surface area contributed by atoms with Crippen molar-refractivity contribution in [2.24, 2.45) is 29.1 Å². The number of hydrogen-bond donors (Lipinski definition) is 1. The fourth-order valence-corrected chi connectivity index (χ4v) is 6.74. The summed E-state index contributed by atoms with van der Waals surface area (Å²) in [5, 5.41) is 10.0. The normalized spacial score (nSPS) is 38.2. The molecule has 0 heterocycles. The van der Waals surface area contributed by atoms with Gasteiger partial charge in [-0.25, -0.2) is 4.39 Å². The molecule has 29 heavy (non-hydrogen) atoms. The van der Waals surface area contributed by atoms with E-state index in [1.54, 1.807) is 5.57 Å². The first-order chi connectivity index (χ1) is 13.8. The topological polar surface area (TPSA) is 20.2 Å². The highest BCUT2D eigenvalue weighted by Gasteiger charge is 2.50. The van der Waals surface area contributed by atoms with Crippen LogP contribution >= 0.6 is 0 Å². The molecule has 3 rings (SSSR count). The lowest BCUT2D eigenvalue weighted by Crippen LogP contribution is -2.36. The molecule has 3 aliphatic carbocycles. The Hall–Kier alpha value is -0.890. The minimum absolute atomic E-state index is 0.317. The van der Waals surface area contributed by atoms with Crippen LogP contribution in [0.1, 0.15) is 98.3 Å². The van der Waals surface area contributed by atoms with E-state index < -0.39 is 0 Å². The lowest BCUT2D eigenvalue weighted by atomic mass is 9.60. The molecule has 0 aromatic rings. The Morgan fingerprint density at radius 1 is 1.07 bits per heavy atom. The molecule has 0 spiro atoms. The van der Waals surface area contributed by atoms with Crippen molar-refractivity contribution in [2.45, 2.75) is 104 Å². The Kier molecular flexibility index (Phi) is 7.81. The van der Waals surface area contributed by atoms with Gasteiger partial charge in [-0.15, -0.1) is 0 Å². The van der Waals surface area contributed by atoms with Crippen LogP contribution in [-0.2, 0) is 0 Å². The van der Waals surface area contributed by atoms with Gasteiger partial charge in [0.2, 0.25) is 0 Å². The molecule has 164 valence electrons. The smallest absolute Gasteiger partial charge is 0.0901 e. The van der Waals surface area contributed by atoms with Crippen molar-refractivity contribution in [3.8, 4) is 0 Å². The lowest BCUT2D eigenvalue weighted by Gasteiger charge is -2.44. The molecule has 1 nitrogen and oxygen atoms in total. The molecule has 3 saturated carbocycles. The van der Waals surface area contributed by atoms with Crippen LogP contribution in [0.4, 0.5) is 4.39 Å². The van der Waals surface area contributed by atoms with E-state index in [-0.39, 0.29) is 6.10 Å². The van der Waals surface area contributed by atoms with Crippen LogP contribution in [0.2, 0.25) is 0 Å². The van der Waals surface area contributed by atoms with Crippen LogP contribution in [0.15, 0.2) is 35.2 Å². The molecule has 5 atom stereocenters. The molecule has 3 fully saturated rings. The Labute approximate surface area is 178 Å². The summed E-state index contributed by atoms with van der Waals surface area (Å²) < 4.78 is 13.3. The van der Waals surface area contributed by atoms with Crippen molar-refractivity contribution in [3.05, 3.63) is 35.2 Å². The van der Waals surface area contributed by atoms with Gasteiger partial charge in [-0.1, -0.05) is 64.7 Å². The van der Waals surface area contributed by atoms with Crippen LogP contribution in [0.3, 0.4) is 0 Å². The largest absolute Gasteiger partial charge is 0.393 e. The van der Waals surface area contributed by atoms with Gasteiger partial charge in [-0.2, -0.15) is 0 Å². The molecule has 2 heteroatoms. The molecular weight excluding hydrogens is 359 g/mol. The molecule has 0 aromatic heterocycles. The van der Waals surface area contributed by atoms with E-state index in [1.807, 2.05) is 0 Å². The molecule has 0 unspecified atom stereocenters. The van der Waals surface area contributed by atoms with Crippen LogP contribution in [-0.4, -0.2) is 11.2 Å². The highest BCUT2D eigenvalue weighted by molar-refractivity contribution is 5.37. The second-order valence-electron chi connectivity index (χ2n) is 10.9. The van der Waals surface area contributed by atoms with Crippen LogP contribution < -0.4 is 0 Å². The number of rotatable bonds is 6. The summed E-state index contributed by atoms with van der Waals surface area (Å²) in [5.41, 5.74) is 3.81. The number of halogens is 1. The van der Waals surface area contributed by atoms with Crippen LogP contribution in [0.25, 0.3) is 0 Å². The molecule has 0 amide bonds. The van der Waals surface area contributed by atoms with Gasteiger partial charge in [0.05, 0.1) is 12.4 Å². The highest BCUT2D eigenvalue weighted by Crippen LogP contribution is 2.59. The Balaban J connectivity index is 1.72. The van der Waals surface area contributed by atoms with E-state index in [9.17, 15) is 9.50 Å². The summed E-state index contributed by atoms with van der Waals surface area (Å²) in [6, 6.07) is 0. The summed E-state index contributed by atoms with van der Waals surface area (Å²) in [4.78, 5) is 0. The maximum Gasteiger partial charge on any atom is 0.0901 e. The molecule has 1 N–H and O–H groups in total. The van der Waals surface area contributed by atoms with Gasteiger partial charge >= 0.3 is 0 Å². The van der Waals surface area contributed by atoms with Gasteiger partial charge in [0.25, 0.3) is 0 Å². The van der Waals surface area contributed by atoms with Crippen molar-refractivity contribution in [3.63, 3.8) is 0 Å². The number of aliphatic hydroxyl groups excluding tert-OH is 1. The third-order valence-electron chi connectivity index (χ3n) is 8.41. The van der Waals surface area contributed by atoms with E-state index in [0.29, 0.717) is 30.6 Å². The molecule has 0 aliphatic heterocycles. The van der Waals surface area contributed by atoms with Crippen molar-refractivity contribution in [1.29, 1.82) is 0 Å². The zero-order chi connectivity index (χ0) is 21.0. The van der Waals surface area contributed by atoms with Gasteiger partial charge in [0, 0.05) is 0 Å². The highest BCUT2D eigenvalue weighted by atomic mass is 19.1. The first-order valence-corrected chi connectivity index (χ1v) is 12.2. The molecular formula is C27H43FO. The van der Waals surface area contributed by atoms with Gasteiger partial charge in [0.15, 0.2) is 0 Å². The van der Waals surface area contributed by atoms with Crippen LogP contribution in [0, 0.1) is 29.1 Å². The van der Waals surface area contributed by atoms with Crippen molar-refractivity contribution >= 4 is 0 Å².